The van der Waals surface area contributed by atoms with Crippen molar-refractivity contribution in [2.24, 2.45) is 0 Å². The van der Waals surface area contributed by atoms with E-state index in [2.05, 4.69) is 21.2 Å². The van der Waals surface area contributed by atoms with Crippen LogP contribution in [0.15, 0.2) is 22.7 Å². The first kappa shape index (κ1) is 14.7. The van der Waals surface area contributed by atoms with Crippen molar-refractivity contribution < 1.29 is 13.2 Å². The van der Waals surface area contributed by atoms with Crippen LogP contribution in [0.3, 0.4) is 0 Å². The lowest BCUT2D eigenvalue weighted by atomic mass is 10.1. The summed E-state index contributed by atoms with van der Waals surface area (Å²) >= 11 is 3.26. The van der Waals surface area contributed by atoms with Gasteiger partial charge in [-0.1, -0.05) is 15.9 Å². The molecule has 19 heavy (non-hydrogen) atoms. The van der Waals surface area contributed by atoms with Crippen molar-refractivity contribution in [3.63, 3.8) is 0 Å². The lowest BCUT2D eigenvalue weighted by molar-refractivity contribution is -0.137. The lowest BCUT2D eigenvalue weighted by Gasteiger charge is -2.29. The molecular weight excluding hydrogens is 321 g/mol. The first-order valence-electron chi connectivity index (χ1n) is 6.21. The molecule has 0 bridgehead atoms. The Kier molecular flexibility index (Phi) is 4.40. The van der Waals surface area contributed by atoms with Gasteiger partial charge in [-0.05, 0) is 38.1 Å². The summed E-state index contributed by atoms with van der Waals surface area (Å²) < 4.78 is 39.9. The highest BCUT2D eigenvalue weighted by Crippen LogP contribution is 2.40. The van der Waals surface area contributed by atoms with Gasteiger partial charge in [-0.3, -0.25) is 0 Å². The van der Waals surface area contributed by atoms with Crippen LogP contribution in [0, 0.1) is 0 Å². The first-order chi connectivity index (χ1) is 8.93. The summed E-state index contributed by atoms with van der Waals surface area (Å²) in [5.41, 5.74) is -0.279. The Labute approximate surface area is 119 Å². The third-order valence-corrected chi connectivity index (χ3v) is 3.88. The molecule has 1 aliphatic heterocycles. The van der Waals surface area contributed by atoms with Crippen molar-refractivity contribution in [3.05, 3.63) is 28.2 Å². The molecule has 1 heterocycles. The van der Waals surface area contributed by atoms with E-state index >= 15 is 0 Å². The van der Waals surface area contributed by atoms with Crippen LogP contribution in [0.25, 0.3) is 0 Å². The van der Waals surface area contributed by atoms with Crippen molar-refractivity contribution in [1.82, 2.24) is 5.32 Å². The standard InChI is InChI=1S/C13H16BrF3N2/c1-18-8-10-3-2-6-19(10)12-7-9(14)4-5-11(12)13(15,16)17/h4-5,7,10,18H,2-3,6,8H2,1H3. The number of anilines is 1. The number of alkyl halides is 3. The van der Waals surface area contributed by atoms with Gasteiger partial charge in [0.1, 0.15) is 0 Å². The van der Waals surface area contributed by atoms with E-state index in [1.807, 2.05) is 11.9 Å². The van der Waals surface area contributed by atoms with Crippen LogP contribution in [0.1, 0.15) is 18.4 Å². The number of halogens is 4. The van der Waals surface area contributed by atoms with E-state index in [4.69, 9.17) is 0 Å². The maximum Gasteiger partial charge on any atom is 0.418 e. The maximum atomic E-state index is 13.1. The van der Waals surface area contributed by atoms with Gasteiger partial charge in [-0.25, -0.2) is 0 Å². The monoisotopic (exact) mass is 336 g/mol. The minimum atomic E-state index is -4.32. The van der Waals surface area contributed by atoms with Gasteiger partial charge >= 0.3 is 6.18 Å². The SMILES string of the molecule is CNCC1CCCN1c1cc(Br)ccc1C(F)(F)F. The second kappa shape index (κ2) is 5.71. The van der Waals surface area contributed by atoms with E-state index < -0.39 is 11.7 Å². The Morgan fingerprint density at radius 2 is 2.16 bits per heavy atom. The van der Waals surface area contributed by atoms with Crippen LogP contribution < -0.4 is 10.2 Å². The van der Waals surface area contributed by atoms with Crippen molar-refractivity contribution in [1.29, 1.82) is 0 Å². The van der Waals surface area contributed by atoms with E-state index in [-0.39, 0.29) is 11.7 Å². The number of nitrogens with zero attached hydrogens (tertiary/aromatic N) is 1. The molecule has 2 rings (SSSR count). The fourth-order valence-electron chi connectivity index (χ4n) is 2.58. The average molecular weight is 337 g/mol. The third-order valence-electron chi connectivity index (χ3n) is 3.39. The quantitative estimate of drug-likeness (QED) is 0.906. The highest BCUT2D eigenvalue weighted by atomic mass is 79.9. The molecular formula is C13H16BrF3N2. The number of rotatable bonds is 3. The molecule has 1 N–H and O–H groups in total. The fourth-order valence-corrected chi connectivity index (χ4v) is 2.93. The summed E-state index contributed by atoms with van der Waals surface area (Å²) in [6, 6.07) is 4.28. The molecule has 6 heteroatoms. The van der Waals surface area contributed by atoms with Crippen LogP contribution in [0.2, 0.25) is 0 Å². The van der Waals surface area contributed by atoms with Crippen LogP contribution in [-0.4, -0.2) is 26.2 Å². The van der Waals surface area contributed by atoms with Gasteiger partial charge in [0.2, 0.25) is 0 Å². The average Bonchev–Trinajstić information content (AvgIpc) is 2.76. The lowest BCUT2D eigenvalue weighted by Crippen LogP contribution is -2.37. The highest BCUT2D eigenvalue weighted by Gasteiger charge is 2.37. The molecule has 1 atom stereocenters. The fraction of sp³-hybridized carbons (Fsp3) is 0.538. The van der Waals surface area contributed by atoms with Gasteiger partial charge in [-0.15, -0.1) is 0 Å². The molecule has 1 unspecified atom stereocenters. The van der Waals surface area contributed by atoms with E-state index in [0.717, 1.165) is 18.9 Å². The second-order valence-corrected chi connectivity index (χ2v) is 5.62. The van der Waals surface area contributed by atoms with Crippen molar-refractivity contribution in [2.45, 2.75) is 25.1 Å². The second-order valence-electron chi connectivity index (χ2n) is 4.71. The van der Waals surface area contributed by atoms with Crippen LogP contribution in [-0.2, 0) is 6.18 Å². The minimum absolute atomic E-state index is 0.125. The molecule has 0 amide bonds. The number of hydrogen-bond acceptors (Lipinski definition) is 2. The number of hydrogen-bond donors (Lipinski definition) is 1. The molecule has 1 aliphatic rings. The maximum absolute atomic E-state index is 13.1. The van der Waals surface area contributed by atoms with Gasteiger partial charge in [0.05, 0.1) is 11.3 Å². The third kappa shape index (κ3) is 3.23. The number of benzene rings is 1. The Morgan fingerprint density at radius 1 is 1.42 bits per heavy atom. The summed E-state index contributed by atoms with van der Waals surface area (Å²) in [6.07, 6.45) is -2.47. The summed E-state index contributed by atoms with van der Waals surface area (Å²) in [5.74, 6) is 0. The molecule has 2 nitrogen and oxygen atoms in total. The van der Waals surface area contributed by atoms with Crippen LogP contribution in [0.4, 0.5) is 18.9 Å². The van der Waals surface area contributed by atoms with Gasteiger partial charge in [0.25, 0.3) is 0 Å². The molecule has 1 saturated heterocycles. The Balaban J connectivity index is 2.40. The van der Waals surface area contributed by atoms with Gasteiger partial charge in [0, 0.05) is 23.6 Å². The zero-order valence-electron chi connectivity index (χ0n) is 10.6. The molecule has 1 fully saturated rings. The number of likely N-dealkylation sites (N-methyl/N-ethyl adjacent to an activating group) is 1. The summed E-state index contributed by atoms with van der Waals surface area (Å²) in [7, 11) is 1.82. The first-order valence-corrected chi connectivity index (χ1v) is 7.01. The van der Waals surface area contributed by atoms with E-state index in [1.54, 1.807) is 6.07 Å². The van der Waals surface area contributed by atoms with Crippen molar-refractivity contribution in [3.8, 4) is 0 Å². The molecule has 0 aliphatic carbocycles. The van der Waals surface area contributed by atoms with Crippen molar-refractivity contribution in [2.75, 3.05) is 25.0 Å². The molecule has 0 saturated carbocycles. The zero-order valence-corrected chi connectivity index (χ0v) is 12.2. The predicted octanol–water partition coefficient (Wildman–Crippen LogP) is 3.66. The molecule has 0 radical (unpaired) electrons. The molecule has 1 aromatic carbocycles. The minimum Gasteiger partial charge on any atom is -0.367 e. The van der Waals surface area contributed by atoms with Gasteiger partial charge in [0.15, 0.2) is 0 Å². The van der Waals surface area contributed by atoms with Crippen molar-refractivity contribution >= 4 is 21.6 Å². The Hall–Kier alpha value is -0.750. The predicted molar refractivity (Wildman–Crippen MR) is 73.4 cm³/mol. The zero-order chi connectivity index (χ0) is 14.0. The Morgan fingerprint density at radius 3 is 2.79 bits per heavy atom. The van der Waals surface area contributed by atoms with E-state index in [9.17, 15) is 13.2 Å². The molecule has 0 spiro atoms. The van der Waals surface area contributed by atoms with Gasteiger partial charge in [-0.2, -0.15) is 13.2 Å². The van der Waals surface area contributed by atoms with Crippen LogP contribution in [0.5, 0.6) is 0 Å². The topological polar surface area (TPSA) is 15.3 Å². The molecule has 106 valence electrons. The summed E-state index contributed by atoms with van der Waals surface area (Å²) in [5, 5.41) is 3.05. The number of nitrogens with one attached hydrogen (secondary N) is 1. The molecule has 0 aromatic heterocycles. The summed E-state index contributed by atoms with van der Waals surface area (Å²) in [6.45, 7) is 1.37. The molecule has 1 aromatic rings. The summed E-state index contributed by atoms with van der Waals surface area (Å²) in [4.78, 5) is 1.87. The van der Waals surface area contributed by atoms with Crippen LogP contribution >= 0.6 is 15.9 Å². The Bertz CT molecular complexity index is 448. The normalized spacial score (nSPS) is 20.1. The smallest absolute Gasteiger partial charge is 0.367 e. The van der Waals surface area contributed by atoms with E-state index in [1.165, 1.54) is 6.07 Å². The van der Waals surface area contributed by atoms with Gasteiger partial charge < -0.3 is 10.2 Å². The highest BCUT2D eigenvalue weighted by molar-refractivity contribution is 9.10. The largest absolute Gasteiger partial charge is 0.418 e. The van der Waals surface area contributed by atoms with E-state index in [0.29, 0.717) is 17.6 Å².